The maximum absolute atomic E-state index is 10.8. The van der Waals surface area contributed by atoms with Crippen molar-refractivity contribution in [3.63, 3.8) is 0 Å². The molecule has 118 valence electrons. The molecule has 0 spiro atoms. The Morgan fingerprint density at radius 1 is 1.33 bits per heavy atom. The Hall–Kier alpha value is -1.01. The molecule has 0 radical (unpaired) electrons. The van der Waals surface area contributed by atoms with Crippen LogP contribution in [0, 0.1) is 0 Å². The predicted molar refractivity (Wildman–Crippen MR) is 89.9 cm³/mol. The molecule has 0 saturated heterocycles. The zero-order valence-electron chi connectivity index (χ0n) is 13.4. The summed E-state index contributed by atoms with van der Waals surface area (Å²) in [4.78, 5) is 10.8. The second-order valence-electron chi connectivity index (χ2n) is 6.54. The standard InChI is InChI=1S/C15H23BrO4Si/c1-15(2,3)21(5,6)20-14-11(16)7-10(9-13(17)18)8-12(14)19-4/h7-8H,9H2,1-6H3,(H,17,18). The Labute approximate surface area is 135 Å². The highest BCUT2D eigenvalue weighted by Gasteiger charge is 2.40. The van der Waals surface area contributed by atoms with Gasteiger partial charge in [0.05, 0.1) is 18.0 Å². The smallest absolute Gasteiger partial charge is 0.307 e. The molecule has 1 rings (SSSR count). The van der Waals surface area contributed by atoms with Gasteiger partial charge in [-0.25, -0.2) is 0 Å². The van der Waals surface area contributed by atoms with Crippen LogP contribution in [0.4, 0.5) is 0 Å². The molecule has 1 aromatic carbocycles. The first-order valence-corrected chi connectivity index (χ1v) is 10.5. The fourth-order valence-electron chi connectivity index (χ4n) is 1.56. The number of carbonyl (C=O) groups is 1. The molecular formula is C15H23BrO4Si. The summed E-state index contributed by atoms with van der Waals surface area (Å²) >= 11 is 3.47. The number of hydrogen-bond donors (Lipinski definition) is 1. The Morgan fingerprint density at radius 3 is 2.33 bits per heavy atom. The van der Waals surface area contributed by atoms with Gasteiger partial charge in [-0.2, -0.15) is 0 Å². The monoisotopic (exact) mass is 374 g/mol. The van der Waals surface area contributed by atoms with E-state index in [0.717, 1.165) is 4.47 Å². The van der Waals surface area contributed by atoms with Crippen molar-refractivity contribution in [2.75, 3.05) is 7.11 Å². The lowest BCUT2D eigenvalue weighted by Gasteiger charge is -2.37. The van der Waals surface area contributed by atoms with Crippen molar-refractivity contribution in [3.05, 3.63) is 22.2 Å². The van der Waals surface area contributed by atoms with Crippen LogP contribution in [0.1, 0.15) is 26.3 Å². The highest BCUT2D eigenvalue weighted by atomic mass is 79.9. The van der Waals surface area contributed by atoms with Crippen molar-refractivity contribution >= 4 is 30.2 Å². The zero-order chi connectivity index (χ0) is 16.4. The lowest BCUT2D eigenvalue weighted by Crippen LogP contribution is -2.44. The van der Waals surface area contributed by atoms with E-state index in [-0.39, 0.29) is 11.5 Å². The number of hydrogen-bond acceptors (Lipinski definition) is 3. The van der Waals surface area contributed by atoms with E-state index in [4.69, 9.17) is 14.3 Å². The van der Waals surface area contributed by atoms with Gasteiger partial charge < -0.3 is 14.3 Å². The summed E-state index contributed by atoms with van der Waals surface area (Å²) in [6, 6.07) is 3.50. The summed E-state index contributed by atoms with van der Waals surface area (Å²) < 4.78 is 12.4. The van der Waals surface area contributed by atoms with Crippen LogP contribution in [-0.2, 0) is 11.2 Å². The molecule has 0 aromatic heterocycles. The summed E-state index contributed by atoms with van der Waals surface area (Å²) in [6.45, 7) is 10.8. The fraction of sp³-hybridized carbons (Fsp3) is 0.533. The average molecular weight is 375 g/mol. The lowest BCUT2D eigenvalue weighted by atomic mass is 10.1. The molecule has 0 amide bonds. The minimum absolute atomic E-state index is 0.0463. The van der Waals surface area contributed by atoms with Crippen LogP contribution in [0.3, 0.4) is 0 Å². The molecule has 0 unspecified atom stereocenters. The van der Waals surface area contributed by atoms with Crippen molar-refractivity contribution in [2.24, 2.45) is 0 Å². The first kappa shape index (κ1) is 18.0. The van der Waals surface area contributed by atoms with Gasteiger partial charge in [-0.15, -0.1) is 0 Å². The van der Waals surface area contributed by atoms with Crippen LogP contribution >= 0.6 is 15.9 Å². The summed E-state index contributed by atoms with van der Waals surface area (Å²) in [5.74, 6) is 0.339. The molecule has 0 bridgehead atoms. The van der Waals surface area contributed by atoms with E-state index in [1.807, 2.05) is 0 Å². The number of benzene rings is 1. The van der Waals surface area contributed by atoms with E-state index in [0.29, 0.717) is 17.1 Å². The van der Waals surface area contributed by atoms with Crippen LogP contribution in [0.5, 0.6) is 11.5 Å². The Balaban J connectivity index is 3.22. The van der Waals surface area contributed by atoms with Crippen LogP contribution in [0.15, 0.2) is 16.6 Å². The molecule has 6 heteroatoms. The first-order valence-electron chi connectivity index (χ1n) is 6.75. The van der Waals surface area contributed by atoms with Gasteiger partial charge in [0.1, 0.15) is 0 Å². The van der Waals surface area contributed by atoms with Gasteiger partial charge in [-0.05, 0) is 51.8 Å². The molecule has 0 aliphatic heterocycles. The van der Waals surface area contributed by atoms with Crippen LogP contribution < -0.4 is 9.16 Å². The van der Waals surface area contributed by atoms with Gasteiger partial charge in [-0.3, -0.25) is 4.79 Å². The topological polar surface area (TPSA) is 55.8 Å². The predicted octanol–water partition coefficient (Wildman–Crippen LogP) is 4.47. The normalized spacial score (nSPS) is 12.1. The number of aliphatic carboxylic acids is 1. The number of ether oxygens (including phenoxy) is 1. The second-order valence-corrected chi connectivity index (χ2v) is 12.1. The minimum atomic E-state index is -2.00. The third kappa shape index (κ3) is 4.48. The summed E-state index contributed by atoms with van der Waals surface area (Å²) in [5.41, 5.74) is 0.675. The third-order valence-electron chi connectivity index (χ3n) is 3.81. The maximum Gasteiger partial charge on any atom is 0.307 e. The van der Waals surface area contributed by atoms with Crippen molar-refractivity contribution < 1.29 is 19.1 Å². The second kappa shape index (κ2) is 6.40. The van der Waals surface area contributed by atoms with E-state index in [1.165, 1.54) is 0 Å². The number of carboxylic acid groups (broad SMARTS) is 1. The van der Waals surface area contributed by atoms with Crippen molar-refractivity contribution in [3.8, 4) is 11.5 Å². The minimum Gasteiger partial charge on any atom is -0.540 e. The molecule has 0 heterocycles. The largest absolute Gasteiger partial charge is 0.540 e. The average Bonchev–Trinajstić information content (AvgIpc) is 2.29. The highest BCUT2D eigenvalue weighted by Crippen LogP contribution is 2.43. The van der Waals surface area contributed by atoms with Crippen molar-refractivity contribution in [1.82, 2.24) is 0 Å². The van der Waals surface area contributed by atoms with Gasteiger partial charge in [0.25, 0.3) is 8.32 Å². The van der Waals surface area contributed by atoms with Gasteiger partial charge >= 0.3 is 5.97 Å². The number of halogens is 1. The molecular weight excluding hydrogens is 352 g/mol. The van der Waals surface area contributed by atoms with Gasteiger partial charge in [0.15, 0.2) is 11.5 Å². The molecule has 1 aromatic rings. The highest BCUT2D eigenvalue weighted by molar-refractivity contribution is 9.10. The van der Waals surface area contributed by atoms with Gasteiger partial charge in [-0.1, -0.05) is 20.8 Å². The molecule has 4 nitrogen and oxygen atoms in total. The Kier molecular flexibility index (Phi) is 5.49. The first-order chi connectivity index (χ1) is 9.48. The fourth-order valence-corrected chi connectivity index (χ4v) is 3.30. The van der Waals surface area contributed by atoms with E-state index < -0.39 is 14.3 Å². The van der Waals surface area contributed by atoms with Gasteiger partial charge in [0.2, 0.25) is 0 Å². The van der Waals surface area contributed by atoms with E-state index >= 15 is 0 Å². The number of rotatable bonds is 5. The lowest BCUT2D eigenvalue weighted by molar-refractivity contribution is -0.136. The molecule has 0 saturated carbocycles. The molecule has 0 aliphatic rings. The summed E-state index contributed by atoms with van der Waals surface area (Å²) in [6.07, 6.45) is -0.0463. The Morgan fingerprint density at radius 2 is 1.90 bits per heavy atom. The molecule has 0 aliphatic carbocycles. The molecule has 1 N–H and O–H groups in total. The quantitative estimate of drug-likeness (QED) is 0.772. The van der Waals surface area contributed by atoms with Crippen molar-refractivity contribution in [2.45, 2.75) is 45.3 Å². The summed E-state index contributed by atoms with van der Waals surface area (Å²) in [7, 11) is -0.440. The number of carboxylic acids is 1. The third-order valence-corrected chi connectivity index (χ3v) is 8.72. The van der Waals surface area contributed by atoms with E-state index in [2.05, 4.69) is 49.8 Å². The SMILES string of the molecule is COc1cc(CC(=O)O)cc(Br)c1O[Si](C)(C)C(C)(C)C. The van der Waals surface area contributed by atoms with Crippen molar-refractivity contribution in [1.29, 1.82) is 0 Å². The maximum atomic E-state index is 10.8. The summed E-state index contributed by atoms with van der Waals surface area (Å²) in [5, 5.41) is 8.97. The van der Waals surface area contributed by atoms with Crippen LogP contribution in [0.25, 0.3) is 0 Å². The Bertz CT molecular complexity index is 535. The molecule has 0 atom stereocenters. The zero-order valence-corrected chi connectivity index (χ0v) is 16.0. The van der Waals surface area contributed by atoms with Crippen LogP contribution in [-0.4, -0.2) is 26.5 Å². The van der Waals surface area contributed by atoms with Gasteiger partial charge in [0, 0.05) is 0 Å². The van der Waals surface area contributed by atoms with Crippen LogP contribution in [0.2, 0.25) is 18.1 Å². The van der Waals surface area contributed by atoms with E-state index in [9.17, 15) is 4.79 Å². The molecule has 21 heavy (non-hydrogen) atoms. The van der Waals surface area contributed by atoms with E-state index in [1.54, 1.807) is 19.2 Å². The molecule has 0 fully saturated rings. The number of methoxy groups -OCH3 is 1.